The van der Waals surface area contributed by atoms with Crippen LogP contribution < -0.4 is 22.1 Å². The molecule has 0 radical (unpaired) electrons. The number of piperidine rings is 1. The van der Waals surface area contributed by atoms with E-state index in [1.54, 1.807) is 6.07 Å². The second-order valence-corrected chi connectivity index (χ2v) is 5.74. The molecule has 1 aliphatic heterocycles. The van der Waals surface area contributed by atoms with E-state index >= 15 is 0 Å². The molecule has 1 unspecified atom stereocenters. The van der Waals surface area contributed by atoms with Gasteiger partial charge in [0.05, 0.1) is 16.4 Å². The molecule has 1 aliphatic rings. The minimum Gasteiger partial charge on any atom is -0.370 e. The zero-order valence-electron chi connectivity index (χ0n) is 12.1. The van der Waals surface area contributed by atoms with Crippen LogP contribution in [0.25, 0.3) is 0 Å². The third kappa shape index (κ3) is 4.26. The number of rotatable bonds is 2. The van der Waals surface area contributed by atoms with E-state index in [0.717, 1.165) is 18.8 Å². The van der Waals surface area contributed by atoms with Gasteiger partial charge in [0.1, 0.15) is 0 Å². The number of guanidine groups is 2. The molecule has 7 heteroatoms. The zero-order chi connectivity index (χ0) is 15.4. The van der Waals surface area contributed by atoms with E-state index in [-0.39, 0.29) is 11.9 Å². The molecule has 6 nitrogen and oxygen atoms in total. The Balaban J connectivity index is 2.19. The molecule has 6 N–H and O–H groups in total. The highest BCUT2D eigenvalue weighted by Crippen LogP contribution is 2.32. The van der Waals surface area contributed by atoms with Gasteiger partial charge in [-0.2, -0.15) is 4.99 Å². The van der Waals surface area contributed by atoms with Crippen molar-refractivity contribution in [1.82, 2.24) is 0 Å². The van der Waals surface area contributed by atoms with Crippen LogP contribution in [-0.2, 0) is 0 Å². The van der Waals surface area contributed by atoms with Crippen LogP contribution in [0, 0.1) is 5.92 Å². The van der Waals surface area contributed by atoms with Crippen molar-refractivity contribution in [2.75, 3.05) is 18.0 Å². The molecule has 1 heterocycles. The Morgan fingerprint density at radius 3 is 2.71 bits per heavy atom. The number of hydrogen-bond donors (Lipinski definition) is 3. The number of hydrogen-bond acceptors (Lipinski definition) is 2. The summed E-state index contributed by atoms with van der Waals surface area (Å²) < 4.78 is 0. The van der Waals surface area contributed by atoms with E-state index in [2.05, 4.69) is 21.8 Å². The summed E-state index contributed by atoms with van der Waals surface area (Å²) in [5.74, 6) is 0.566. The predicted molar refractivity (Wildman–Crippen MR) is 89.2 cm³/mol. The van der Waals surface area contributed by atoms with Gasteiger partial charge in [-0.05, 0) is 37.0 Å². The third-order valence-electron chi connectivity index (χ3n) is 3.42. The van der Waals surface area contributed by atoms with Crippen molar-refractivity contribution < 1.29 is 0 Å². The average molecular weight is 309 g/mol. The van der Waals surface area contributed by atoms with Gasteiger partial charge in [-0.1, -0.05) is 18.5 Å². The predicted octanol–water partition coefficient (Wildman–Crippen LogP) is 1.80. The topological polar surface area (TPSA) is 106 Å². The highest BCUT2D eigenvalue weighted by atomic mass is 35.5. The number of halogens is 1. The lowest BCUT2D eigenvalue weighted by Gasteiger charge is -2.33. The second kappa shape index (κ2) is 6.67. The normalized spacial score (nSPS) is 19.4. The van der Waals surface area contributed by atoms with E-state index in [1.807, 2.05) is 12.1 Å². The average Bonchev–Trinajstić information content (AvgIpc) is 2.37. The summed E-state index contributed by atoms with van der Waals surface area (Å²) in [6.07, 6.45) is 2.46. The van der Waals surface area contributed by atoms with Gasteiger partial charge in [-0.15, -0.1) is 0 Å². The molecule has 1 atom stereocenters. The lowest BCUT2D eigenvalue weighted by molar-refractivity contribution is 0.447. The Bertz CT molecular complexity index is 565. The number of aliphatic imine (C=N–C) groups is 2. The monoisotopic (exact) mass is 308 g/mol. The van der Waals surface area contributed by atoms with Gasteiger partial charge in [0.2, 0.25) is 5.96 Å². The first-order valence-electron chi connectivity index (χ1n) is 6.94. The fourth-order valence-corrected chi connectivity index (χ4v) is 2.81. The summed E-state index contributed by atoms with van der Waals surface area (Å²) in [7, 11) is 0. The molecule has 0 saturated carbocycles. The Labute approximate surface area is 129 Å². The van der Waals surface area contributed by atoms with E-state index in [4.69, 9.17) is 28.8 Å². The lowest BCUT2D eigenvalue weighted by Crippen LogP contribution is -2.34. The summed E-state index contributed by atoms with van der Waals surface area (Å²) in [5, 5.41) is 0.655. The molecule has 0 bridgehead atoms. The van der Waals surface area contributed by atoms with Gasteiger partial charge in [0.15, 0.2) is 5.96 Å². The summed E-state index contributed by atoms with van der Waals surface area (Å²) in [4.78, 5) is 10.1. The molecule has 1 fully saturated rings. The van der Waals surface area contributed by atoms with Gasteiger partial charge < -0.3 is 22.1 Å². The summed E-state index contributed by atoms with van der Waals surface area (Å²) >= 11 is 6.36. The first-order chi connectivity index (χ1) is 9.95. The van der Waals surface area contributed by atoms with E-state index < -0.39 is 0 Å². The second-order valence-electron chi connectivity index (χ2n) is 5.34. The number of nitrogens with zero attached hydrogens (tertiary/aromatic N) is 3. The molecule has 1 aromatic rings. The number of nitrogens with two attached hydrogens (primary N) is 3. The van der Waals surface area contributed by atoms with E-state index in [9.17, 15) is 0 Å². The van der Waals surface area contributed by atoms with Crippen LogP contribution in [0.4, 0.5) is 11.4 Å². The third-order valence-corrected chi connectivity index (χ3v) is 3.72. The minimum absolute atomic E-state index is 0.00501. The van der Waals surface area contributed by atoms with Crippen molar-refractivity contribution >= 4 is 34.9 Å². The highest BCUT2D eigenvalue weighted by Gasteiger charge is 2.18. The Morgan fingerprint density at radius 1 is 1.33 bits per heavy atom. The van der Waals surface area contributed by atoms with Crippen molar-refractivity contribution in [2.24, 2.45) is 33.1 Å². The summed E-state index contributed by atoms with van der Waals surface area (Å²) in [6.45, 7) is 4.32. The minimum atomic E-state index is -0.124. The zero-order valence-corrected chi connectivity index (χ0v) is 12.8. The molecule has 2 rings (SSSR count). The standard InChI is InChI=1S/C14H21ClN6/c1-9-3-2-6-21(8-9)12-5-4-10(7-11(12)15)19-14(18)20-13(16)17/h4-5,7,9H,2-3,6,8H2,1H3,(H6,16,17,18,19,20). The maximum absolute atomic E-state index is 6.36. The van der Waals surface area contributed by atoms with E-state index in [1.165, 1.54) is 12.8 Å². The fourth-order valence-electron chi connectivity index (χ4n) is 2.52. The number of benzene rings is 1. The van der Waals surface area contributed by atoms with Crippen LogP contribution in [0.5, 0.6) is 0 Å². The first kappa shape index (κ1) is 15.4. The van der Waals surface area contributed by atoms with Gasteiger partial charge in [0, 0.05) is 13.1 Å². The summed E-state index contributed by atoms with van der Waals surface area (Å²) in [5.41, 5.74) is 17.7. The van der Waals surface area contributed by atoms with Crippen LogP contribution in [0.3, 0.4) is 0 Å². The van der Waals surface area contributed by atoms with Crippen LogP contribution in [-0.4, -0.2) is 25.0 Å². The lowest BCUT2D eigenvalue weighted by atomic mass is 10.00. The molecule has 21 heavy (non-hydrogen) atoms. The van der Waals surface area contributed by atoms with Crippen molar-refractivity contribution in [3.8, 4) is 0 Å². The van der Waals surface area contributed by atoms with Crippen molar-refractivity contribution in [3.63, 3.8) is 0 Å². The maximum Gasteiger partial charge on any atom is 0.223 e. The van der Waals surface area contributed by atoms with Gasteiger partial charge in [-0.3, -0.25) is 0 Å². The molecular formula is C14H21ClN6. The molecule has 1 aromatic carbocycles. The fraction of sp³-hybridized carbons (Fsp3) is 0.429. The Kier molecular flexibility index (Phi) is 4.90. The molecule has 0 aromatic heterocycles. The van der Waals surface area contributed by atoms with Crippen molar-refractivity contribution in [1.29, 1.82) is 0 Å². The summed E-state index contributed by atoms with van der Waals surface area (Å²) in [6, 6.07) is 5.59. The molecular weight excluding hydrogens is 288 g/mol. The Morgan fingerprint density at radius 2 is 2.10 bits per heavy atom. The van der Waals surface area contributed by atoms with Crippen LogP contribution in [0.1, 0.15) is 19.8 Å². The first-order valence-corrected chi connectivity index (χ1v) is 7.32. The SMILES string of the molecule is CC1CCCN(c2ccc(N=C(N)N=C(N)N)cc2Cl)C1. The van der Waals surface area contributed by atoms with Crippen LogP contribution in [0.2, 0.25) is 5.02 Å². The maximum atomic E-state index is 6.36. The number of anilines is 1. The van der Waals surface area contributed by atoms with Crippen molar-refractivity contribution in [3.05, 3.63) is 23.2 Å². The molecule has 0 spiro atoms. The quantitative estimate of drug-likeness (QED) is 0.572. The smallest absolute Gasteiger partial charge is 0.223 e. The van der Waals surface area contributed by atoms with Gasteiger partial charge >= 0.3 is 0 Å². The molecule has 114 valence electrons. The van der Waals surface area contributed by atoms with E-state index in [0.29, 0.717) is 16.6 Å². The molecule has 1 saturated heterocycles. The van der Waals surface area contributed by atoms with Crippen molar-refractivity contribution in [2.45, 2.75) is 19.8 Å². The highest BCUT2D eigenvalue weighted by molar-refractivity contribution is 6.33. The van der Waals surface area contributed by atoms with Crippen LogP contribution in [0.15, 0.2) is 28.2 Å². The van der Waals surface area contributed by atoms with Crippen LogP contribution >= 0.6 is 11.6 Å². The Hall–Kier alpha value is -1.95. The van der Waals surface area contributed by atoms with Gasteiger partial charge in [0.25, 0.3) is 0 Å². The molecule has 0 amide bonds. The molecule has 0 aliphatic carbocycles. The largest absolute Gasteiger partial charge is 0.370 e. The van der Waals surface area contributed by atoms with Gasteiger partial charge in [-0.25, -0.2) is 4.99 Å².